The van der Waals surface area contributed by atoms with E-state index in [4.69, 9.17) is 5.11 Å². The highest BCUT2D eigenvalue weighted by atomic mass is 32.2. The van der Waals surface area contributed by atoms with Crippen molar-refractivity contribution in [3.63, 3.8) is 0 Å². The minimum Gasteiger partial charge on any atom is -0.392 e. The van der Waals surface area contributed by atoms with Crippen molar-refractivity contribution >= 4 is 15.9 Å². The summed E-state index contributed by atoms with van der Waals surface area (Å²) in [5.74, 6) is -0.187. The van der Waals surface area contributed by atoms with Crippen molar-refractivity contribution in [3.05, 3.63) is 29.8 Å². The normalized spacial score (nSPS) is 16.7. The third-order valence-electron chi connectivity index (χ3n) is 2.91. The largest absolute Gasteiger partial charge is 0.392 e. The fraction of sp³-hybridized carbons (Fsp3) is 0.462. The molecule has 7 heteroatoms. The van der Waals surface area contributed by atoms with Gasteiger partial charge in [0.15, 0.2) is 0 Å². The first kappa shape index (κ1) is 15.0. The second kappa shape index (κ2) is 5.90. The second-order valence-electron chi connectivity index (χ2n) is 4.97. The van der Waals surface area contributed by atoms with Gasteiger partial charge in [-0.25, -0.2) is 13.1 Å². The van der Waals surface area contributed by atoms with E-state index in [9.17, 15) is 13.2 Å². The molecule has 1 aromatic carbocycles. The molecule has 1 aliphatic carbocycles. The van der Waals surface area contributed by atoms with Gasteiger partial charge in [-0.1, -0.05) is 0 Å². The maximum absolute atomic E-state index is 11.9. The summed E-state index contributed by atoms with van der Waals surface area (Å²) >= 11 is 0. The van der Waals surface area contributed by atoms with Gasteiger partial charge in [0.25, 0.3) is 5.91 Å². The molecule has 0 radical (unpaired) electrons. The van der Waals surface area contributed by atoms with E-state index < -0.39 is 16.1 Å². The third kappa shape index (κ3) is 4.03. The molecule has 0 bridgehead atoms. The lowest BCUT2D eigenvalue weighted by Gasteiger charge is -2.09. The number of aliphatic hydroxyl groups is 1. The van der Waals surface area contributed by atoms with Crippen LogP contribution < -0.4 is 10.0 Å². The molecule has 110 valence electrons. The first-order valence-corrected chi connectivity index (χ1v) is 7.95. The number of nitrogens with one attached hydrogen (secondary N) is 2. The average Bonchev–Trinajstić information content (AvgIpc) is 3.20. The van der Waals surface area contributed by atoms with E-state index in [1.807, 2.05) is 0 Å². The Morgan fingerprint density at radius 1 is 1.35 bits per heavy atom. The van der Waals surface area contributed by atoms with Crippen molar-refractivity contribution in [1.82, 2.24) is 10.0 Å². The zero-order valence-corrected chi connectivity index (χ0v) is 12.0. The number of sulfonamides is 1. The minimum absolute atomic E-state index is 0.0494. The van der Waals surface area contributed by atoms with E-state index >= 15 is 0 Å². The Labute approximate surface area is 118 Å². The van der Waals surface area contributed by atoms with Crippen LogP contribution in [0.2, 0.25) is 0 Å². The van der Waals surface area contributed by atoms with Crippen LogP contribution in [0.5, 0.6) is 0 Å². The maximum atomic E-state index is 11.9. The number of benzene rings is 1. The van der Waals surface area contributed by atoms with Crippen LogP contribution in [0.3, 0.4) is 0 Å². The third-order valence-corrected chi connectivity index (χ3v) is 4.35. The van der Waals surface area contributed by atoms with E-state index in [-0.39, 0.29) is 23.4 Å². The van der Waals surface area contributed by atoms with Crippen LogP contribution in [0.15, 0.2) is 29.2 Å². The van der Waals surface area contributed by atoms with Crippen molar-refractivity contribution in [3.8, 4) is 0 Å². The Morgan fingerprint density at radius 2 is 1.95 bits per heavy atom. The quantitative estimate of drug-likeness (QED) is 0.701. The molecule has 2 rings (SSSR count). The van der Waals surface area contributed by atoms with Crippen molar-refractivity contribution in [2.75, 3.05) is 6.54 Å². The highest BCUT2D eigenvalue weighted by molar-refractivity contribution is 7.89. The van der Waals surface area contributed by atoms with Crippen molar-refractivity contribution in [1.29, 1.82) is 0 Å². The molecule has 1 amide bonds. The second-order valence-corrected chi connectivity index (χ2v) is 6.74. The number of hydrogen-bond donors (Lipinski definition) is 3. The lowest BCUT2D eigenvalue weighted by atomic mass is 10.2. The molecule has 1 saturated carbocycles. The van der Waals surface area contributed by atoms with Gasteiger partial charge in [0.1, 0.15) is 0 Å². The summed E-state index contributed by atoms with van der Waals surface area (Å²) < 4.78 is 26.1. The molecule has 0 saturated heterocycles. The van der Waals surface area contributed by atoms with Crippen LogP contribution >= 0.6 is 0 Å². The summed E-state index contributed by atoms with van der Waals surface area (Å²) in [6.07, 6.45) is 1.25. The summed E-state index contributed by atoms with van der Waals surface area (Å²) in [4.78, 5) is 11.8. The molecule has 1 unspecified atom stereocenters. The molecule has 1 aromatic rings. The monoisotopic (exact) mass is 298 g/mol. The zero-order chi connectivity index (χ0) is 14.8. The molecule has 0 heterocycles. The van der Waals surface area contributed by atoms with Crippen LogP contribution in [0.1, 0.15) is 30.1 Å². The predicted octanol–water partition coefficient (Wildman–Crippen LogP) is 0.238. The number of aliphatic hydroxyl groups excluding tert-OH is 1. The smallest absolute Gasteiger partial charge is 0.251 e. The van der Waals surface area contributed by atoms with Crippen LogP contribution in [-0.4, -0.2) is 38.1 Å². The molecule has 0 aliphatic heterocycles. The van der Waals surface area contributed by atoms with Gasteiger partial charge >= 0.3 is 0 Å². The van der Waals surface area contributed by atoms with Crippen molar-refractivity contribution < 1.29 is 18.3 Å². The molecule has 20 heavy (non-hydrogen) atoms. The van der Waals surface area contributed by atoms with Gasteiger partial charge in [-0.3, -0.25) is 4.79 Å². The van der Waals surface area contributed by atoms with Crippen LogP contribution in [-0.2, 0) is 10.0 Å². The summed E-state index contributed by atoms with van der Waals surface area (Å²) in [5, 5.41) is 11.9. The predicted molar refractivity (Wildman–Crippen MR) is 73.8 cm³/mol. The van der Waals surface area contributed by atoms with Crippen LogP contribution in [0, 0.1) is 0 Å². The summed E-state index contributed by atoms with van der Waals surface area (Å²) in [5.41, 5.74) is 0.436. The standard InChI is InChI=1S/C13H18N2O4S/c1-9(16)8-14-20(18,19)12-6-2-10(3-7-12)13(17)15-11-4-5-11/h2-3,6-7,9,11,14,16H,4-5,8H2,1H3,(H,15,17). The Balaban J connectivity index is 2.04. The summed E-state index contributed by atoms with van der Waals surface area (Å²) in [6, 6.07) is 5.99. The molecule has 3 N–H and O–H groups in total. The molecular weight excluding hydrogens is 280 g/mol. The lowest BCUT2D eigenvalue weighted by molar-refractivity contribution is 0.0951. The van der Waals surface area contributed by atoms with Gasteiger partial charge in [-0.05, 0) is 44.0 Å². The van der Waals surface area contributed by atoms with E-state index in [1.54, 1.807) is 0 Å². The van der Waals surface area contributed by atoms with Gasteiger partial charge in [0, 0.05) is 18.2 Å². The zero-order valence-electron chi connectivity index (χ0n) is 11.2. The molecule has 1 aliphatic rings. The van der Waals surface area contributed by atoms with Gasteiger partial charge in [-0.2, -0.15) is 0 Å². The molecule has 6 nitrogen and oxygen atoms in total. The summed E-state index contributed by atoms with van der Waals surface area (Å²) in [6.45, 7) is 1.44. The fourth-order valence-electron chi connectivity index (χ4n) is 1.60. The van der Waals surface area contributed by atoms with Gasteiger partial charge < -0.3 is 10.4 Å². The topological polar surface area (TPSA) is 95.5 Å². The number of amides is 1. The van der Waals surface area contributed by atoms with Crippen LogP contribution in [0.4, 0.5) is 0 Å². The Kier molecular flexibility index (Phi) is 4.42. The number of hydrogen-bond acceptors (Lipinski definition) is 4. The van der Waals surface area contributed by atoms with Gasteiger partial charge in [0.05, 0.1) is 11.0 Å². The lowest BCUT2D eigenvalue weighted by Crippen LogP contribution is -2.30. The number of carbonyl (C=O) groups excluding carboxylic acids is 1. The molecule has 0 spiro atoms. The Bertz CT molecular complexity index is 577. The Morgan fingerprint density at radius 3 is 2.45 bits per heavy atom. The highest BCUT2D eigenvalue weighted by Gasteiger charge is 2.24. The van der Waals surface area contributed by atoms with Gasteiger partial charge in [-0.15, -0.1) is 0 Å². The summed E-state index contributed by atoms with van der Waals surface area (Å²) in [7, 11) is -3.65. The van der Waals surface area contributed by atoms with Gasteiger partial charge in [0.2, 0.25) is 10.0 Å². The fourth-order valence-corrected chi connectivity index (χ4v) is 2.72. The van der Waals surface area contributed by atoms with E-state index in [0.717, 1.165) is 12.8 Å². The van der Waals surface area contributed by atoms with Crippen LogP contribution in [0.25, 0.3) is 0 Å². The molecule has 1 fully saturated rings. The van der Waals surface area contributed by atoms with E-state index in [2.05, 4.69) is 10.0 Å². The average molecular weight is 298 g/mol. The SMILES string of the molecule is CC(O)CNS(=O)(=O)c1ccc(C(=O)NC2CC2)cc1. The molecular formula is C13H18N2O4S. The van der Waals surface area contributed by atoms with E-state index in [0.29, 0.717) is 5.56 Å². The Hall–Kier alpha value is -1.44. The highest BCUT2D eigenvalue weighted by Crippen LogP contribution is 2.19. The first-order valence-electron chi connectivity index (χ1n) is 6.47. The molecule has 0 aromatic heterocycles. The maximum Gasteiger partial charge on any atom is 0.251 e. The van der Waals surface area contributed by atoms with Crippen molar-refractivity contribution in [2.45, 2.75) is 36.8 Å². The first-order chi connectivity index (χ1) is 9.38. The minimum atomic E-state index is -3.65. The van der Waals surface area contributed by atoms with E-state index in [1.165, 1.54) is 31.2 Å². The molecule has 1 atom stereocenters. The van der Waals surface area contributed by atoms with Crippen molar-refractivity contribution in [2.24, 2.45) is 0 Å². The number of rotatable bonds is 6. The number of carbonyl (C=O) groups is 1.